The molecule has 0 saturated carbocycles. The van der Waals surface area contributed by atoms with Gasteiger partial charge in [0.25, 0.3) is 0 Å². The number of nitrogens with zero attached hydrogens (tertiary/aromatic N) is 1. The zero-order chi connectivity index (χ0) is 14.6. The molecule has 6 heteroatoms. The van der Waals surface area contributed by atoms with Crippen molar-refractivity contribution in [1.29, 1.82) is 0 Å². The summed E-state index contributed by atoms with van der Waals surface area (Å²) in [4.78, 5) is 11.6. The third kappa shape index (κ3) is 3.96. The Morgan fingerprint density at radius 3 is 2.21 bits per heavy atom. The Morgan fingerprint density at radius 2 is 1.79 bits per heavy atom. The summed E-state index contributed by atoms with van der Waals surface area (Å²) in [7, 11) is -3.54. The van der Waals surface area contributed by atoms with E-state index in [1.807, 2.05) is 32.0 Å². The molecule has 106 valence electrons. The smallest absolute Gasteiger partial charge is 0.326 e. The quantitative estimate of drug-likeness (QED) is 0.771. The molecule has 0 fully saturated rings. The molecule has 1 aromatic rings. The number of hydrogen-bond acceptors (Lipinski definition) is 4. The third-order valence-electron chi connectivity index (χ3n) is 2.67. The van der Waals surface area contributed by atoms with Gasteiger partial charge in [-0.1, -0.05) is 18.2 Å². The zero-order valence-electron chi connectivity index (χ0n) is 11.6. The van der Waals surface area contributed by atoms with Crippen LogP contribution in [0.3, 0.4) is 0 Å². The van der Waals surface area contributed by atoms with Crippen molar-refractivity contribution in [3.05, 3.63) is 29.3 Å². The lowest BCUT2D eigenvalue weighted by Crippen LogP contribution is -2.36. The van der Waals surface area contributed by atoms with Crippen LogP contribution in [0.25, 0.3) is 0 Å². The SMILES string of the molecule is CCOC(=O)CN(c1c(C)cccc1C)S(C)(=O)=O. The summed E-state index contributed by atoms with van der Waals surface area (Å²) in [6.45, 7) is 5.22. The van der Waals surface area contributed by atoms with Gasteiger partial charge in [0, 0.05) is 0 Å². The van der Waals surface area contributed by atoms with E-state index >= 15 is 0 Å². The number of benzene rings is 1. The average molecular weight is 285 g/mol. The molecule has 1 rings (SSSR count). The number of esters is 1. The number of carbonyl (C=O) groups is 1. The highest BCUT2D eigenvalue weighted by molar-refractivity contribution is 7.92. The van der Waals surface area contributed by atoms with Crippen LogP contribution >= 0.6 is 0 Å². The molecular formula is C13H19NO4S. The summed E-state index contributed by atoms with van der Waals surface area (Å²) >= 11 is 0. The molecule has 0 amide bonds. The highest BCUT2D eigenvalue weighted by Gasteiger charge is 2.24. The summed E-state index contributed by atoms with van der Waals surface area (Å²) in [5, 5.41) is 0. The highest BCUT2D eigenvalue weighted by Crippen LogP contribution is 2.26. The summed E-state index contributed by atoms with van der Waals surface area (Å²) < 4.78 is 29.7. The number of hydrogen-bond donors (Lipinski definition) is 0. The Bertz CT molecular complexity index is 546. The first-order valence-corrected chi connectivity index (χ1v) is 7.81. The molecule has 5 nitrogen and oxygen atoms in total. The van der Waals surface area contributed by atoms with Gasteiger partial charge in [0.15, 0.2) is 0 Å². The van der Waals surface area contributed by atoms with Crippen LogP contribution in [-0.2, 0) is 19.6 Å². The van der Waals surface area contributed by atoms with E-state index in [-0.39, 0.29) is 13.2 Å². The van der Waals surface area contributed by atoms with Crippen molar-refractivity contribution < 1.29 is 17.9 Å². The van der Waals surface area contributed by atoms with Crippen LogP contribution in [0.15, 0.2) is 18.2 Å². The second-order valence-corrected chi connectivity index (χ2v) is 6.22. The maximum atomic E-state index is 11.9. The summed E-state index contributed by atoms with van der Waals surface area (Å²) in [5.74, 6) is -0.560. The number of ether oxygens (including phenoxy) is 1. The van der Waals surface area contributed by atoms with Crippen molar-refractivity contribution >= 4 is 21.7 Å². The molecule has 0 heterocycles. The number of anilines is 1. The zero-order valence-corrected chi connectivity index (χ0v) is 12.5. The van der Waals surface area contributed by atoms with E-state index < -0.39 is 16.0 Å². The van der Waals surface area contributed by atoms with Gasteiger partial charge in [-0.15, -0.1) is 0 Å². The minimum absolute atomic E-state index is 0.225. The number of para-hydroxylation sites is 1. The molecule has 0 spiro atoms. The molecule has 0 aliphatic carbocycles. The second-order valence-electron chi connectivity index (χ2n) is 4.32. The summed E-state index contributed by atoms with van der Waals surface area (Å²) in [6, 6.07) is 5.47. The van der Waals surface area contributed by atoms with Crippen LogP contribution in [0.4, 0.5) is 5.69 Å². The summed E-state index contributed by atoms with van der Waals surface area (Å²) in [6.07, 6.45) is 1.08. The van der Waals surface area contributed by atoms with Crippen LogP contribution in [0.1, 0.15) is 18.1 Å². The third-order valence-corrected chi connectivity index (χ3v) is 3.78. The van der Waals surface area contributed by atoms with E-state index in [1.165, 1.54) is 0 Å². The van der Waals surface area contributed by atoms with Gasteiger partial charge in [-0.25, -0.2) is 8.42 Å². The highest BCUT2D eigenvalue weighted by atomic mass is 32.2. The predicted octanol–water partition coefficient (Wildman–Crippen LogP) is 1.63. The van der Waals surface area contributed by atoms with E-state index in [1.54, 1.807) is 6.92 Å². The molecule has 0 aromatic heterocycles. The van der Waals surface area contributed by atoms with Gasteiger partial charge in [-0.3, -0.25) is 9.10 Å². The van der Waals surface area contributed by atoms with Crippen molar-refractivity contribution in [1.82, 2.24) is 0 Å². The van der Waals surface area contributed by atoms with Crippen molar-refractivity contribution in [3.63, 3.8) is 0 Å². The molecule has 0 aliphatic rings. The Hall–Kier alpha value is -1.56. The Kier molecular flexibility index (Phi) is 4.94. The normalized spacial score (nSPS) is 11.2. The van der Waals surface area contributed by atoms with Crippen molar-refractivity contribution in [3.8, 4) is 0 Å². The second kappa shape index (κ2) is 6.06. The molecule has 0 N–H and O–H groups in total. The fourth-order valence-corrected chi connectivity index (χ4v) is 2.84. The minimum atomic E-state index is -3.54. The lowest BCUT2D eigenvalue weighted by atomic mass is 10.1. The van der Waals surface area contributed by atoms with E-state index in [4.69, 9.17) is 4.74 Å². The van der Waals surface area contributed by atoms with Gasteiger partial charge in [0.2, 0.25) is 10.0 Å². The monoisotopic (exact) mass is 285 g/mol. The molecule has 0 saturated heterocycles. The van der Waals surface area contributed by atoms with Crippen LogP contribution in [-0.4, -0.2) is 33.8 Å². The maximum Gasteiger partial charge on any atom is 0.326 e. The fourth-order valence-electron chi connectivity index (χ4n) is 1.89. The van der Waals surface area contributed by atoms with E-state index in [9.17, 15) is 13.2 Å². The van der Waals surface area contributed by atoms with Crippen LogP contribution in [0, 0.1) is 13.8 Å². The van der Waals surface area contributed by atoms with Gasteiger partial charge >= 0.3 is 5.97 Å². The van der Waals surface area contributed by atoms with Crippen molar-refractivity contribution in [2.75, 3.05) is 23.7 Å². The standard InChI is InChI=1S/C13H19NO4S/c1-5-18-12(15)9-14(19(4,16)17)13-10(2)7-6-8-11(13)3/h6-8H,5,9H2,1-4H3. The first-order chi connectivity index (χ1) is 8.77. The number of aryl methyl sites for hydroxylation is 2. The van der Waals surface area contributed by atoms with Gasteiger partial charge < -0.3 is 4.74 Å². The van der Waals surface area contributed by atoms with E-state index in [0.29, 0.717) is 5.69 Å². The molecule has 19 heavy (non-hydrogen) atoms. The molecule has 0 unspecified atom stereocenters. The van der Waals surface area contributed by atoms with Gasteiger partial charge in [-0.05, 0) is 31.9 Å². The predicted molar refractivity (Wildman–Crippen MR) is 74.7 cm³/mol. The molecule has 0 bridgehead atoms. The molecular weight excluding hydrogens is 266 g/mol. The number of sulfonamides is 1. The van der Waals surface area contributed by atoms with Crippen LogP contribution in [0.2, 0.25) is 0 Å². The molecule has 0 aliphatic heterocycles. The number of rotatable bonds is 5. The van der Waals surface area contributed by atoms with Gasteiger partial charge in [-0.2, -0.15) is 0 Å². The molecule has 0 atom stereocenters. The first-order valence-electron chi connectivity index (χ1n) is 5.97. The lowest BCUT2D eigenvalue weighted by molar-refractivity contribution is -0.141. The first kappa shape index (κ1) is 15.5. The Morgan fingerprint density at radius 1 is 1.26 bits per heavy atom. The van der Waals surface area contributed by atoms with E-state index in [0.717, 1.165) is 21.7 Å². The topological polar surface area (TPSA) is 63.7 Å². The van der Waals surface area contributed by atoms with Crippen molar-refractivity contribution in [2.24, 2.45) is 0 Å². The average Bonchev–Trinajstić information content (AvgIpc) is 2.26. The Labute approximate surface area is 114 Å². The van der Waals surface area contributed by atoms with Crippen molar-refractivity contribution in [2.45, 2.75) is 20.8 Å². The van der Waals surface area contributed by atoms with Gasteiger partial charge in [0.1, 0.15) is 6.54 Å². The minimum Gasteiger partial charge on any atom is -0.465 e. The maximum absolute atomic E-state index is 11.9. The summed E-state index contributed by atoms with van der Waals surface area (Å²) in [5.41, 5.74) is 2.14. The fraction of sp³-hybridized carbons (Fsp3) is 0.462. The largest absolute Gasteiger partial charge is 0.465 e. The van der Waals surface area contributed by atoms with Gasteiger partial charge in [0.05, 0.1) is 18.6 Å². The molecule has 0 radical (unpaired) electrons. The Balaban J connectivity index is 3.23. The molecule has 1 aromatic carbocycles. The van der Waals surface area contributed by atoms with Crippen LogP contribution < -0.4 is 4.31 Å². The number of carbonyl (C=O) groups excluding carboxylic acids is 1. The van der Waals surface area contributed by atoms with Crippen LogP contribution in [0.5, 0.6) is 0 Å². The van der Waals surface area contributed by atoms with E-state index in [2.05, 4.69) is 0 Å². The lowest BCUT2D eigenvalue weighted by Gasteiger charge is -2.24.